The summed E-state index contributed by atoms with van der Waals surface area (Å²) >= 11 is 2.05. The molecule has 9 heavy (non-hydrogen) atoms. The van der Waals surface area contributed by atoms with Gasteiger partial charge in [0.1, 0.15) is 0 Å². The van der Waals surface area contributed by atoms with Crippen molar-refractivity contribution >= 4 is 21.7 Å². The maximum Gasteiger partial charge on any atom is 2.00 e. The van der Waals surface area contributed by atoms with E-state index in [1.165, 1.54) is 17.4 Å². The Labute approximate surface area is 102 Å². The molecule has 0 saturated heterocycles. The third kappa shape index (κ3) is 38.6. The van der Waals surface area contributed by atoms with E-state index in [0.29, 0.717) is 0 Å². The molecule has 0 amide bonds. The summed E-state index contributed by atoms with van der Waals surface area (Å²) in [7, 11) is 0. The molecule has 0 aliphatic rings. The van der Waals surface area contributed by atoms with E-state index in [4.69, 9.17) is 0 Å². The van der Waals surface area contributed by atoms with E-state index in [1.807, 2.05) is 21.7 Å². The quantitative estimate of drug-likeness (QED) is 0.429. The second-order valence-corrected chi connectivity index (χ2v) is 1.91. The Morgan fingerprint density at radius 1 is 1.11 bits per heavy atom. The minimum Gasteiger partial charge on any atom is -1.00 e. The van der Waals surface area contributed by atoms with Crippen LogP contribution < -0.4 is 37.2 Å². The van der Waals surface area contributed by atoms with Crippen LogP contribution in [0, 0.1) is 0 Å². The van der Waals surface area contributed by atoms with E-state index in [1.54, 1.807) is 0 Å². The molecule has 0 spiro atoms. The molecule has 0 unspecified atom stereocenters. The predicted octanol–water partition coefficient (Wildman–Crippen LogP) is -7.62. The molecule has 0 nitrogen and oxygen atoms in total. The van der Waals surface area contributed by atoms with Crippen molar-refractivity contribution in [3.8, 4) is 0 Å². The van der Waals surface area contributed by atoms with Crippen LogP contribution in [0.3, 0.4) is 0 Å². The first kappa shape index (κ1) is 30.2. The molecule has 0 aliphatic carbocycles. The fraction of sp³-hybridized carbons (Fsp3) is 1.00. The van der Waals surface area contributed by atoms with Gasteiger partial charge in [0.2, 0.25) is 0 Å². The largest absolute Gasteiger partial charge is 2.00 e. The molecule has 0 atom stereocenters. The van der Waals surface area contributed by atoms with E-state index in [-0.39, 0.29) is 56.7 Å². The zero-order valence-corrected chi connectivity index (χ0v) is 12.3. The van der Waals surface area contributed by atoms with Crippen molar-refractivity contribution < 1.29 is 56.7 Å². The summed E-state index contributed by atoms with van der Waals surface area (Å²) in [6.45, 7) is 2.22. The molecule has 0 aromatic rings. The van der Waals surface area contributed by atoms with Gasteiger partial charge in [0.15, 0.2) is 0 Å². The van der Waals surface area contributed by atoms with Gasteiger partial charge in [0, 0.05) is 0 Å². The molecule has 0 rings (SSSR count). The summed E-state index contributed by atoms with van der Waals surface area (Å²) in [5.41, 5.74) is 0. The van der Waals surface area contributed by atoms with Gasteiger partial charge in [-0.25, -0.2) is 0 Å². The van der Waals surface area contributed by atoms with Gasteiger partial charge in [0.05, 0.1) is 0 Å². The second-order valence-electron chi connectivity index (χ2n) is 1.21. The van der Waals surface area contributed by atoms with Crippen LogP contribution in [0.5, 0.6) is 0 Å². The van der Waals surface area contributed by atoms with Gasteiger partial charge in [-0.3, -0.25) is 0 Å². The molecule has 0 bridgehead atoms. The third-order valence-corrected chi connectivity index (χ3v) is 1.10. The molecule has 0 aromatic heterocycles. The summed E-state index contributed by atoms with van der Waals surface area (Å²) in [6.07, 6.45) is 2.75. The molecule has 0 aromatic carbocycles. The third-order valence-electron chi connectivity index (χ3n) is 0.604. The Bertz CT molecular complexity index is 23.3. The second kappa shape index (κ2) is 31.8. The van der Waals surface area contributed by atoms with Gasteiger partial charge in [-0.1, -0.05) is 0 Å². The zero-order chi connectivity index (χ0) is 4.12. The van der Waals surface area contributed by atoms with Gasteiger partial charge in [-0.05, 0) is 0 Å². The summed E-state index contributed by atoms with van der Waals surface area (Å²) in [5.74, 6) is 0. The Kier molecular flexibility index (Phi) is 107. The first-order chi connectivity index (χ1) is 2.41. The maximum absolute atomic E-state index is 2.22. The number of hydrogen-bond donors (Lipinski definition) is 0. The van der Waals surface area contributed by atoms with E-state index >= 15 is 0 Å². The van der Waals surface area contributed by atoms with Crippen molar-refractivity contribution in [1.29, 1.82) is 0 Å². The average Bonchev–Trinajstić information content (AvgIpc) is 1.41. The standard InChI is InChI=1S/C4H9.3ClH.Mg.Zn/c1-3-4-2;;;;;/h1,3-4H2,2H3;3*1H;;/q;;;;+1;+2/p-3. The van der Waals surface area contributed by atoms with Crippen LogP contribution in [0.25, 0.3) is 0 Å². The fourth-order valence-corrected chi connectivity index (χ4v) is 0.750. The average molecular weight is 253 g/mol. The monoisotopic (exact) mass is 250 g/mol. The number of unbranched alkanes of at least 4 members (excludes halogenated alkanes) is 1. The molecule has 0 radical (unpaired) electrons. The minimum atomic E-state index is 0. The van der Waals surface area contributed by atoms with Crippen LogP contribution in [0.1, 0.15) is 19.8 Å². The van der Waals surface area contributed by atoms with Gasteiger partial charge in [0.25, 0.3) is 0 Å². The molecule has 0 saturated carbocycles. The summed E-state index contributed by atoms with van der Waals surface area (Å²) < 4.78 is 1.37. The van der Waals surface area contributed by atoms with Crippen molar-refractivity contribution in [3.05, 3.63) is 0 Å². The normalized spacial score (nSPS) is 4.78. The van der Waals surface area contributed by atoms with Crippen molar-refractivity contribution in [3.63, 3.8) is 0 Å². The van der Waals surface area contributed by atoms with Gasteiger partial charge < -0.3 is 37.2 Å². The maximum atomic E-state index is 2.22. The van der Waals surface area contributed by atoms with E-state index < -0.39 is 0 Å². The van der Waals surface area contributed by atoms with Crippen LogP contribution in [0.4, 0.5) is 0 Å². The Morgan fingerprint density at radius 2 is 1.44 bits per heavy atom. The van der Waals surface area contributed by atoms with Crippen molar-refractivity contribution in [1.82, 2.24) is 0 Å². The van der Waals surface area contributed by atoms with Crippen molar-refractivity contribution in [2.24, 2.45) is 0 Å². The molecule has 0 heterocycles. The Hall–Kier alpha value is 2.26. The molecule has 5 heteroatoms. The van der Waals surface area contributed by atoms with E-state index in [0.717, 1.165) is 0 Å². The summed E-state index contributed by atoms with van der Waals surface area (Å²) in [4.78, 5) is 0. The smallest absolute Gasteiger partial charge is 1.00 e. The van der Waals surface area contributed by atoms with E-state index in [2.05, 4.69) is 6.92 Å². The van der Waals surface area contributed by atoms with E-state index in [9.17, 15) is 0 Å². The van der Waals surface area contributed by atoms with Crippen molar-refractivity contribution in [2.45, 2.75) is 24.3 Å². The predicted molar refractivity (Wildman–Crippen MR) is 25.5 cm³/mol. The molecular formula is C4H9Cl3MgZn. The van der Waals surface area contributed by atoms with Crippen LogP contribution >= 0.6 is 0 Å². The van der Waals surface area contributed by atoms with Crippen molar-refractivity contribution in [2.75, 3.05) is 0 Å². The first-order valence-corrected chi connectivity index (χ1v) is 3.21. The molecular weight excluding hydrogens is 244 g/mol. The summed E-state index contributed by atoms with van der Waals surface area (Å²) in [5, 5.41) is 0. The number of halogens is 3. The van der Waals surface area contributed by atoms with Crippen LogP contribution in [-0.4, -0.2) is 21.7 Å². The number of rotatable bonds is 2. The summed E-state index contributed by atoms with van der Waals surface area (Å²) in [6, 6.07) is 0. The Balaban J connectivity index is -0.0000000133. The number of hydrogen-bond acceptors (Lipinski definition) is 0. The topological polar surface area (TPSA) is 0 Å². The first-order valence-electron chi connectivity index (χ1n) is 2.21. The molecule has 0 aliphatic heterocycles. The SMILES string of the molecule is CCC[CH2][Mg+].[Cl-].[Cl-].[Cl-].[Zn+2]. The van der Waals surface area contributed by atoms with Crippen LogP contribution in [0.2, 0.25) is 4.55 Å². The molecule has 0 fully saturated rings. The zero-order valence-electron chi connectivity index (χ0n) is 5.67. The molecule has 0 N–H and O–H groups in total. The fourth-order valence-electron chi connectivity index (χ4n) is 0.250. The van der Waals surface area contributed by atoms with Crippen LogP contribution in [0.15, 0.2) is 0 Å². The van der Waals surface area contributed by atoms with Gasteiger partial charge in [-0.15, -0.1) is 0 Å². The van der Waals surface area contributed by atoms with Gasteiger partial charge >= 0.3 is 65.5 Å². The van der Waals surface area contributed by atoms with Crippen LogP contribution in [-0.2, 0) is 19.5 Å². The van der Waals surface area contributed by atoms with Gasteiger partial charge in [-0.2, -0.15) is 0 Å². The minimum absolute atomic E-state index is 0. The molecule has 50 valence electrons. The Morgan fingerprint density at radius 3 is 1.44 bits per heavy atom.